The van der Waals surface area contributed by atoms with Crippen molar-refractivity contribution in [3.8, 4) is 0 Å². The van der Waals surface area contributed by atoms with Crippen molar-refractivity contribution in [1.29, 1.82) is 0 Å². The van der Waals surface area contributed by atoms with Crippen LogP contribution in [0.4, 0.5) is 0 Å². The smallest absolute Gasteiger partial charge is 0.309 e. The van der Waals surface area contributed by atoms with E-state index in [4.69, 9.17) is 4.74 Å². The van der Waals surface area contributed by atoms with Crippen LogP contribution < -0.4 is 0 Å². The lowest BCUT2D eigenvalue weighted by atomic mass is 10.0. The van der Waals surface area contributed by atoms with Crippen LogP contribution in [-0.2, 0) is 9.53 Å². The van der Waals surface area contributed by atoms with Crippen molar-refractivity contribution in [2.24, 2.45) is 0 Å². The number of carbonyl (C=O) groups is 1. The van der Waals surface area contributed by atoms with Crippen LogP contribution in [0.1, 0.15) is 39.0 Å². The first-order valence-electron chi connectivity index (χ1n) is 5.20. The molecule has 0 spiro atoms. The normalized spacial score (nSPS) is 28.9. The van der Waals surface area contributed by atoms with Crippen molar-refractivity contribution in [3.63, 3.8) is 0 Å². The maximum atomic E-state index is 10.8. The van der Waals surface area contributed by atoms with Crippen molar-refractivity contribution in [2.75, 3.05) is 0 Å². The van der Waals surface area contributed by atoms with Gasteiger partial charge < -0.3 is 14.9 Å². The van der Waals surface area contributed by atoms with Gasteiger partial charge in [0.25, 0.3) is 0 Å². The topological polar surface area (TPSA) is 66.8 Å². The molecule has 3 atom stereocenters. The fourth-order valence-electron chi connectivity index (χ4n) is 1.67. The molecule has 0 amide bonds. The highest BCUT2D eigenvalue weighted by molar-refractivity contribution is 5.72. The maximum Gasteiger partial charge on any atom is 0.309 e. The molecule has 2 N–H and O–H groups in total. The highest BCUT2D eigenvalue weighted by Gasteiger charge is 2.37. The zero-order chi connectivity index (χ0) is 10.6. The van der Waals surface area contributed by atoms with Crippen LogP contribution in [0.3, 0.4) is 0 Å². The molecule has 4 heteroatoms. The number of cyclic esters (lactones) is 1. The summed E-state index contributed by atoms with van der Waals surface area (Å²) in [5.41, 5.74) is 0. The zero-order valence-corrected chi connectivity index (χ0v) is 8.48. The largest absolute Gasteiger partial charge is 0.457 e. The molecule has 14 heavy (non-hydrogen) atoms. The van der Waals surface area contributed by atoms with Crippen LogP contribution in [-0.4, -0.2) is 34.5 Å². The molecule has 1 aliphatic heterocycles. The number of aliphatic hydroxyl groups excluding tert-OH is 2. The molecule has 0 aromatic rings. The Balaban J connectivity index is 2.29. The van der Waals surface area contributed by atoms with E-state index >= 15 is 0 Å². The van der Waals surface area contributed by atoms with Crippen LogP contribution in [0.25, 0.3) is 0 Å². The van der Waals surface area contributed by atoms with E-state index in [1.807, 2.05) is 0 Å². The second kappa shape index (κ2) is 5.32. The van der Waals surface area contributed by atoms with E-state index in [0.717, 1.165) is 19.3 Å². The third kappa shape index (κ3) is 2.96. The van der Waals surface area contributed by atoms with Crippen LogP contribution in [0.15, 0.2) is 0 Å². The van der Waals surface area contributed by atoms with Gasteiger partial charge in [0.05, 0.1) is 12.5 Å². The van der Waals surface area contributed by atoms with E-state index < -0.39 is 24.3 Å². The first kappa shape index (κ1) is 11.5. The Morgan fingerprint density at radius 2 is 2.29 bits per heavy atom. The molecule has 0 bridgehead atoms. The Hall–Kier alpha value is -0.610. The molecular formula is C10H18O4. The quantitative estimate of drug-likeness (QED) is 0.506. The average Bonchev–Trinajstić information content (AvgIpc) is 2.45. The fourth-order valence-corrected chi connectivity index (χ4v) is 1.67. The molecule has 0 aromatic heterocycles. The summed E-state index contributed by atoms with van der Waals surface area (Å²) in [7, 11) is 0. The van der Waals surface area contributed by atoms with Gasteiger partial charge in [0.15, 0.2) is 6.10 Å². The Labute approximate surface area is 83.9 Å². The van der Waals surface area contributed by atoms with E-state index in [0.29, 0.717) is 6.42 Å². The number of rotatable bonds is 5. The van der Waals surface area contributed by atoms with Gasteiger partial charge >= 0.3 is 5.97 Å². The molecular weight excluding hydrogens is 184 g/mol. The fraction of sp³-hybridized carbons (Fsp3) is 0.900. The monoisotopic (exact) mass is 202 g/mol. The van der Waals surface area contributed by atoms with Gasteiger partial charge in [0.1, 0.15) is 6.10 Å². The number of hydrogen-bond donors (Lipinski definition) is 2. The summed E-state index contributed by atoms with van der Waals surface area (Å²) >= 11 is 0. The molecule has 3 unspecified atom stereocenters. The molecule has 0 aromatic carbocycles. The SMILES string of the molecule is CCCCCC(O)C1OC(=O)CC1O. The number of hydrogen-bond acceptors (Lipinski definition) is 4. The van der Waals surface area contributed by atoms with Gasteiger partial charge in [-0.15, -0.1) is 0 Å². The lowest BCUT2D eigenvalue weighted by Crippen LogP contribution is -2.34. The second-order valence-electron chi connectivity index (χ2n) is 3.79. The van der Waals surface area contributed by atoms with Crippen molar-refractivity contribution < 1.29 is 19.7 Å². The molecule has 4 nitrogen and oxygen atoms in total. The Morgan fingerprint density at radius 3 is 2.79 bits per heavy atom. The Morgan fingerprint density at radius 1 is 1.57 bits per heavy atom. The minimum Gasteiger partial charge on any atom is -0.457 e. The van der Waals surface area contributed by atoms with Gasteiger partial charge in [0.2, 0.25) is 0 Å². The molecule has 82 valence electrons. The van der Waals surface area contributed by atoms with Gasteiger partial charge in [-0.3, -0.25) is 4.79 Å². The van der Waals surface area contributed by atoms with E-state index in [1.54, 1.807) is 0 Å². The van der Waals surface area contributed by atoms with Gasteiger partial charge in [0, 0.05) is 0 Å². The molecule has 1 fully saturated rings. The van der Waals surface area contributed by atoms with Crippen LogP contribution in [0, 0.1) is 0 Å². The lowest BCUT2D eigenvalue weighted by molar-refractivity contribution is -0.146. The number of unbranched alkanes of at least 4 members (excludes halogenated alkanes) is 2. The van der Waals surface area contributed by atoms with Crippen LogP contribution >= 0.6 is 0 Å². The average molecular weight is 202 g/mol. The summed E-state index contributed by atoms with van der Waals surface area (Å²) < 4.78 is 4.83. The van der Waals surface area contributed by atoms with Gasteiger partial charge in [-0.05, 0) is 6.42 Å². The summed E-state index contributed by atoms with van der Waals surface area (Å²) in [6.07, 6.45) is 1.37. The first-order chi connectivity index (χ1) is 6.65. The first-order valence-corrected chi connectivity index (χ1v) is 5.20. The lowest BCUT2D eigenvalue weighted by Gasteiger charge is -2.19. The predicted molar refractivity (Wildman–Crippen MR) is 50.7 cm³/mol. The third-order valence-corrected chi connectivity index (χ3v) is 2.51. The number of carbonyl (C=O) groups excluding carboxylic acids is 1. The number of aliphatic hydroxyl groups is 2. The third-order valence-electron chi connectivity index (χ3n) is 2.51. The number of esters is 1. The summed E-state index contributed by atoms with van der Waals surface area (Å²) in [5.74, 6) is -0.419. The Kier molecular flexibility index (Phi) is 4.35. The second-order valence-corrected chi connectivity index (χ2v) is 3.79. The minimum atomic E-state index is -0.834. The maximum absolute atomic E-state index is 10.8. The van der Waals surface area contributed by atoms with Crippen molar-refractivity contribution in [3.05, 3.63) is 0 Å². The van der Waals surface area contributed by atoms with Gasteiger partial charge in [-0.25, -0.2) is 0 Å². The van der Waals surface area contributed by atoms with Crippen molar-refractivity contribution in [2.45, 2.75) is 57.3 Å². The molecule has 0 radical (unpaired) electrons. The minimum absolute atomic E-state index is 0.00943. The van der Waals surface area contributed by atoms with E-state index in [1.165, 1.54) is 0 Å². The Bertz CT molecular complexity index is 193. The molecule has 1 saturated heterocycles. The van der Waals surface area contributed by atoms with E-state index in [2.05, 4.69) is 6.92 Å². The highest BCUT2D eigenvalue weighted by Crippen LogP contribution is 2.21. The number of ether oxygens (including phenoxy) is 1. The predicted octanol–water partition coefficient (Wildman–Crippen LogP) is 0.604. The van der Waals surface area contributed by atoms with Crippen molar-refractivity contribution in [1.82, 2.24) is 0 Å². The van der Waals surface area contributed by atoms with E-state index in [9.17, 15) is 15.0 Å². The van der Waals surface area contributed by atoms with Crippen LogP contribution in [0.2, 0.25) is 0 Å². The van der Waals surface area contributed by atoms with Crippen molar-refractivity contribution >= 4 is 5.97 Å². The molecule has 1 rings (SSSR count). The van der Waals surface area contributed by atoms with E-state index in [-0.39, 0.29) is 6.42 Å². The summed E-state index contributed by atoms with van der Waals surface area (Å²) in [6.45, 7) is 2.08. The zero-order valence-electron chi connectivity index (χ0n) is 8.48. The molecule has 1 aliphatic rings. The molecule has 0 aliphatic carbocycles. The molecule has 0 saturated carbocycles. The summed E-state index contributed by atoms with van der Waals surface area (Å²) in [6, 6.07) is 0. The summed E-state index contributed by atoms with van der Waals surface area (Å²) in [5, 5.41) is 19.0. The van der Waals surface area contributed by atoms with Gasteiger partial charge in [-0.2, -0.15) is 0 Å². The standard InChI is InChI=1S/C10H18O4/c1-2-3-4-5-7(11)10-8(12)6-9(13)14-10/h7-8,10-12H,2-6H2,1H3. The summed E-state index contributed by atoms with van der Waals surface area (Å²) in [4.78, 5) is 10.8. The molecule has 1 heterocycles. The van der Waals surface area contributed by atoms with Crippen LogP contribution in [0.5, 0.6) is 0 Å². The van der Waals surface area contributed by atoms with Gasteiger partial charge in [-0.1, -0.05) is 26.2 Å². The highest BCUT2D eigenvalue weighted by atomic mass is 16.6.